The lowest BCUT2D eigenvalue weighted by molar-refractivity contribution is -0.135. The normalized spacial score (nSPS) is 19.0. The molecule has 3 rings (SSSR count). The van der Waals surface area contributed by atoms with E-state index in [1.807, 2.05) is 0 Å². The maximum absolute atomic E-state index is 13.7. The summed E-state index contributed by atoms with van der Waals surface area (Å²) in [6.07, 6.45) is -4.59. The topological polar surface area (TPSA) is 95.7 Å². The maximum atomic E-state index is 13.7. The van der Waals surface area contributed by atoms with Crippen LogP contribution >= 0.6 is 0 Å². The summed E-state index contributed by atoms with van der Waals surface area (Å²) >= 11 is 0. The van der Waals surface area contributed by atoms with E-state index in [0.717, 1.165) is 0 Å². The molecule has 0 saturated heterocycles. The molecule has 35 heavy (non-hydrogen) atoms. The molecule has 2 aromatic rings. The molecule has 0 aromatic heterocycles. The Labute approximate surface area is 208 Å². The zero-order valence-electron chi connectivity index (χ0n) is 20.5. The molecule has 0 radical (unpaired) electrons. The lowest BCUT2D eigenvalue weighted by atomic mass is 9.57. The van der Waals surface area contributed by atoms with Gasteiger partial charge in [0.15, 0.2) is 13.3 Å². The molecule has 0 saturated carbocycles. The van der Waals surface area contributed by atoms with Crippen LogP contribution in [0.3, 0.4) is 0 Å². The lowest BCUT2D eigenvalue weighted by Crippen LogP contribution is -2.56. The van der Waals surface area contributed by atoms with Gasteiger partial charge < -0.3 is 14.7 Å². The van der Waals surface area contributed by atoms with Gasteiger partial charge in [-0.3, -0.25) is 4.79 Å². The van der Waals surface area contributed by atoms with Crippen LogP contribution in [0.25, 0.3) is 0 Å². The molecular weight excluding hydrogens is 475 g/mol. The van der Waals surface area contributed by atoms with E-state index in [2.05, 4.69) is 0 Å². The van der Waals surface area contributed by atoms with Gasteiger partial charge in [-0.05, 0) is 11.1 Å². The average molecular weight is 496 g/mol. The van der Waals surface area contributed by atoms with Crippen LogP contribution < -0.4 is 27.6 Å². The smallest absolute Gasteiger partial charge is 0.415 e. The molecule has 6 nitrogen and oxygen atoms in total. The highest BCUT2D eigenvalue weighted by molar-refractivity contribution is 7.90. The monoisotopic (exact) mass is 497 g/mol. The first kappa shape index (κ1) is 27.0. The van der Waals surface area contributed by atoms with E-state index in [1.165, 1.54) is 54.9 Å². The van der Waals surface area contributed by atoms with E-state index in [-0.39, 0.29) is 27.4 Å². The van der Waals surface area contributed by atoms with Crippen LogP contribution in [0.1, 0.15) is 16.7 Å². The minimum atomic E-state index is -4.59. The molecule has 0 aliphatic carbocycles. The van der Waals surface area contributed by atoms with Gasteiger partial charge >= 0.3 is 16.3 Å². The summed E-state index contributed by atoms with van der Waals surface area (Å²) in [6, 6.07) is 8.28. The fraction of sp³-hybridized carbons (Fsp3) is 0.167. The highest BCUT2D eigenvalue weighted by Gasteiger charge is 2.52. The molecule has 1 aliphatic rings. The molecule has 0 spiro atoms. The van der Waals surface area contributed by atoms with Crippen LogP contribution in [0.2, 0.25) is 0 Å². The fourth-order valence-corrected chi connectivity index (χ4v) is 5.55. The van der Waals surface area contributed by atoms with Gasteiger partial charge in [0.25, 0.3) is 0 Å². The first-order chi connectivity index (χ1) is 15.9. The van der Waals surface area contributed by atoms with Gasteiger partial charge in [-0.25, -0.2) is 0 Å². The molecule has 0 fully saturated rings. The first-order valence-corrected chi connectivity index (χ1v) is 12.2. The molecule has 1 aliphatic heterocycles. The Kier molecular flexibility index (Phi) is 6.59. The molecule has 2 aromatic carbocycles. The predicted octanol–water partition coefficient (Wildman–Crippen LogP) is -7.32. The van der Waals surface area contributed by atoms with Gasteiger partial charge in [-0.2, -0.15) is 21.6 Å². The van der Waals surface area contributed by atoms with Crippen LogP contribution in [0.4, 0.5) is 13.2 Å². The summed E-state index contributed by atoms with van der Waals surface area (Å²) in [6.45, 7) is 0. The number of ketones is 1. The van der Waals surface area contributed by atoms with E-state index in [4.69, 9.17) is 14.7 Å². The van der Waals surface area contributed by atoms with Crippen LogP contribution in [-0.2, 0) is 40.1 Å². The second-order valence-electron chi connectivity index (χ2n) is 9.32. The van der Waals surface area contributed by atoms with Crippen molar-refractivity contribution in [2.75, 3.05) is 0 Å². The van der Waals surface area contributed by atoms with Crippen LogP contribution in [-0.4, -0.2) is 69.1 Å². The predicted molar refractivity (Wildman–Crippen MR) is 147 cm³/mol. The summed E-state index contributed by atoms with van der Waals surface area (Å²) in [5.41, 5.74) is 4.14. The third kappa shape index (κ3) is 4.21. The number of ether oxygens (including phenoxy) is 1. The van der Waals surface area contributed by atoms with Gasteiger partial charge in [-0.15, -0.1) is 0 Å². The molecule has 1 unspecified atom stereocenters. The van der Waals surface area contributed by atoms with Crippen LogP contribution in [0.5, 0.6) is 0 Å². The molecule has 0 amide bonds. The van der Waals surface area contributed by atoms with Crippen molar-refractivity contribution in [1.82, 2.24) is 0 Å². The second-order valence-corrected chi connectivity index (χ2v) is 11.4. The Morgan fingerprint density at radius 3 is 1.89 bits per heavy atom. The minimum Gasteiger partial charge on any atom is -0.467 e. The number of hydrogen-bond acceptors (Lipinski definition) is 6. The van der Waals surface area contributed by atoms with Crippen molar-refractivity contribution >= 4 is 92.7 Å². The molecule has 176 valence electrons. The van der Waals surface area contributed by atoms with E-state index < -0.39 is 49.3 Å². The Morgan fingerprint density at radius 1 is 0.943 bits per heavy atom. The van der Waals surface area contributed by atoms with E-state index in [9.17, 15) is 26.4 Å². The van der Waals surface area contributed by atoms with E-state index in [1.54, 1.807) is 30.3 Å². The average Bonchev–Trinajstić information content (AvgIpc) is 2.95. The number of Topliss-reactive ketones (excluding diaryl/α,β-unsaturated/α-hetero) is 1. The van der Waals surface area contributed by atoms with Crippen molar-refractivity contribution in [2.24, 2.45) is 5.73 Å². The third-order valence-electron chi connectivity index (χ3n) is 6.85. The molecule has 0 bridgehead atoms. The van der Waals surface area contributed by atoms with Crippen molar-refractivity contribution in [2.45, 2.75) is 16.2 Å². The Morgan fingerprint density at radius 2 is 1.43 bits per heavy atom. The maximum Gasteiger partial charge on any atom is 0.415 e. The summed E-state index contributed by atoms with van der Waals surface area (Å²) < 4.78 is 76.9. The Hall–Kier alpha value is -2.56. The first-order valence-electron chi connectivity index (χ1n) is 10.8. The number of nitrogens with two attached hydrogens (primary N) is 1. The van der Waals surface area contributed by atoms with Gasteiger partial charge in [0, 0.05) is 5.56 Å². The van der Waals surface area contributed by atoms with Gasteiger partial charge in [-0.1, -0.05) is 52.2 Å². The summed E-state index contributed by atoms with van der Waals surface area (Å²) in [5.74, 6) is -2.16. The number of halogens is 3. The quantitative estimate of drug-likeness (QED) is 0.327. The van der Waals surface area contributed by atoms with Crippen LogP contribution in [0.15, 0.2) is 42.0 Å². The lowest BCUT2D eigenvalue weighted by Gasteiger charge is -2.32. The fourth-order valence-electron chi connectivity index (χ4n) is 4.54. The SMILES string of the molecule is Bc1c(B)c(C2(B)OC(N)=C(OS(=O)(=O)C(B)(B)c3ccccc3)C2=O)c(B)c(B)c1C(F)(F)F. The number of hydrogen-bond donors (Lipinski definition) is 1. The zero-order chi connectivity index (χ0) is 26.7. The zero-order valence-corrected chi connectivity index (χ0v) is 21.4. The van der Waals surface area contributed by atoms with Gasteiger partial charge in [0.05, 0.1) is 4.55 Å². The highest BCUT2D eigenvalue weighted by atomic mass is 32.2. The Balaban J connectivity index is 2.08. The van der Waals surface area contributed by atoms with Crippen LogP contribution in [0, 0.1) is 0 Å². The standard InChI is InChI=1S/C18H21B7F3NO5S/c19-9-7(10(20)12(22)8(11(9)21)18(26,27)28)16(23)14(30)13(15(29)33-16)34-35(31,32)17(24,25)6-4-2-1-3-5-6/h1-5H,19-25,29H2. The third-order valence-corrected chi connectivity index (χ3v) is 8.72. The largest absolute Gasteiger partial charge is 0.467 e. The second kappa shape index (κ2) is 8.53. The number of alkyl halides is 3. The van der Waals surface area contributed by atoms with Crippen molar-refractivity contribution in [3.8, 4) is 0 Å². The number of benzene rings is 2. The summed E-state index contributed by atoms with van der Waals surface area (Å²) in [7, 11) is 5.29. The van der Waals surface area contributed by atoms with Crippen molar-refractivity contribution in [1.29, 1.82) is 0 Å². The molecule has 17 heteroatoms. The van der Waals surface area contributed by atoms with Gasteiger partial charge in [0.2, 0.25) is 17.4 Å². The summed E-state index contributed by atoms with van der Waals surface area (Å²) in [5, 5.41) is 0. The van der Waals surface area contributed by atoms with Crippen molar-refractivity contribution in [3.63, 3.8) is 0 Å². The number of carbonyl (C=O) groups is 1. The minimum absolute atomic E-state index is 0.0565. The molecule has 1 heterocycles. The van der Waals surface area contributed by atoms with E-state index in [0.29, 0.717) is 5.56 Å². The molecule has 2 N–H and O–H groups in total. The molecule has 1 atom stereocenters. The summed E-state index contributed by atoms with van der Waals surface area (Å²) in [4.78, 5) is 13.5. The van der Waals surface area contributed by atoms with Crippen molar-refractivity contribution in [3.05, 3.63) is 58.7 Å². The Bertz CT molecular complexity index is 1340. The number of rotatable bonds is 5. The van der Waals surface area contributed by atoms with Gasteiger partial charge in [0.1, 0.15) is 47.1 Å². The van der Waals surface area contributed by atoms with Crippen molar-refractivity contribution < 1.29 is 35.3 Å². The highest BCUT2D eigenvalue weighted by Crippen LogP contribution is 2.37. The van der Waals surface area contributed by atoms with E-state index >= 15 is 0 Å². The number of carbonyl (C=O) groups excluding carboxylic acids is 1. The molecular formula is C18H21B7F3NO5S.